The molecule has 2 aromatic carbocycles. The summed E-state index contributed by atoms with van der Waals surface area (Å²) in [5.74, 6) is 1.83. The van der Waals surface area contributed by atoms with Gasteiger partial charge in [0, 0.05) is 11.1 Å². The van der Waals surface area contributed by atoms with E-state index in [1.807, 2.05) is 6.07 Å². The predicted octanol–water partition coefficient (Wildman–Crippen LogP) is 2.88. The number of nitrogens with zero attached hydrogens (tertiary/aromatic N) is 2. The van der Waals surface area contributed by atoms with E-state index in [1.54, 1.807) is 57.7 Å². The van der Waals surface area contributed by atoms with Gasteiger partial charge in [0.15, 0.2) is 23.0 Å². The van der Waals surface area contributed by atoms with Gasteiger partial charge in [-0.3, -0.25) is 9.89 Å². The van der Waals surface area contributed by atoms with Crippen molar-refractivity contribution in [1.82, 2.24) is 15.6 Å². The quantitative estimate of drug-likeness (QED) is 0.437. The van der Waals surface area contributed by atoms with Crippen LogP contribution in [-0.4, -0.2) is 50.8 Å². The second-order valence-electron chi connectivity index (χ2n) is 6.02. The largest absolute Gasteiger partial charge is 0.493 e. The maximum absolute atomic E-state index is 12.4. The van der Waals surface area contributed by atoms with E-state index in [4.69, 9.17) is 18.9 Å². The van der Waals surface area contributed by atoms with Gasteiger partial charge in [-0.25, -0.2) is 5.43 Å². The molecule has 9 nitrogen and oxygen atoms in total. The summed E-state index contributed by atoms with van der Waals surface area (Å²) in [4.78, 5) is 12.4. The number of aromatic nitrogens is 2. The van der Waals surface area contributed by atoms with Crippen LogP contribution in [0, 0.1) is 0 Å². The number of carbonyl (C=O) groups is 1. The summed E-state index contributed by atoms with van der Waals surface area (Å²) in [7, 11) is 6.21. The molecule has 0 fully saturated rings. The summed E-state index contributed by atoms with van der Waals surface area (Å²) >= 11 is 0. The van der Waals surface area contributed by atoms with Crippen molar-refractivity contribution in [2.75, 3.05) is 28.4 Å². The van der Waals surface area contributed by atoms with Crippen LogP contribution in [0.15, 0.2) is 47.6 Å². The van der Waals surface area contributed by atoms with Gasteiger partial charge in [0.2, 0.25) is 0 Å². The Morgan fingerprint density at radius 3 is 2.43 bits per heavy atom. The Kier molecular flexibility index (Phi) is 6.53. The minimum absolute atomic E-state index is 0.259. The van der Waals surface area contributed by atoms with Crippen molar-refractivity contribution in [2.24, 2.45) is 5.10 Å². The third-order valence-electron chi connectivity index (χ3n) is 4.30. The third-order valence-corrected chi connectivity index (χ3v) is 4.30. The normalized spacial score (nSPS) is 10.7. The van der Waals surface area contributed by atoms with Gasteiger partial charge in [-0.05, 0) is 36.4 Å². The van der Waals surface area contributed by atoms with E-state index >= 15 is 0 Å². The number of para-hydroxylation sites is 1. The lowest BCUT2D eigenvalue weighted by molar-refractivity contribution is 0.0950. The minimum Gasteiger partial charge on any atom is -0.493 e. The van der Waals surface area contributed by atoms with Crippen molar-refractivity contribution in [2.45, 2.75) is 0 Å². The number of hydrogen-bond acceptors (Lipinski definition) is 7. The summed E-state index contributed by atoms with van der Waals surface area (Å²) in [5.41, 5.74) is 4.73. The Morgan fingerprint density at radius 2 is 1.73 bits per heavy atom. The van der Waals surface area contributed by atoms with Gasteiger partial charge in [-0.15, -0.1) is 0 Å². The van der Waals surface area contributed by atoms with Crippen molar-refractivity contribution >= 4 is 12.1 Å². The molecule has 1 aromatic heterocycles. The standard InChI is InChI=1S/C21H22N4O5/c1-27-17-9-8-13(10-19(17)29-3)15-11-16(24-23-15)21(26)25-22-12-14-6-5-7-18(28-2)20(14)30-4/h5-12H,1-4H3,(H,23,24)(H,25,26). The summed E-state index contributed by atoms with van der Waals surface area (Å²) in [6.45, 7) is 0. The smallest absolute Gasteiger partial charge is 0.289 e. The minimum atomic E-state index is -0.438. The average molecular weight is 410 g/mol. The Hall–Kier alpha value is -4.01. The fraction of sp³-hybridized carbons (Fsp3) is 0.190. The Balaban J connectivity index is 1.73. The van der Waals surface area contributed by atoms with Gasteiger partial charge < -0.3 is 18.9 Å². The molecule has 1 heterocycles. The zero-order valence-electron chi connectivity index (χ0n) is 17.1. The summed E-state index contributed by atoms with van der Waals surface area (Å²) in [6, 6.07) is 12.4. The van der Waals surface area contributed by atoms with Gasteiger partial charge in [0.1, 0.15) is 5.69 Å². The molecule has 9 heteroatoms. The lowest BCUT2D eigenvalue weighted by atomic mass is 10.1. The molecular weight excluding hydrogens is 388 g/mol. The van der Waals surface area contributed by atoms with E-state index in [2.05, 4.69) is 20.7 Å². The molecule has 30 heavy (non-hydrogen) atoms. The predicted molar refractivity (Wildman–Crippen MR) is 112 cm³/mol. The molecule has 0 aliphatic heterocycles. The lowest BCUT2D eigenvalue weighted by Gasteiger charge is -2.09. The Bertz CT molecular complexity index is 1060. The number of H-pyrrole nitrogens is 1. The van der Waals surface area contributed by atoms with Crippen LogP contribution in [0.3, 0.4) is 0 Å². The highest BCUT2D eigenvalue weighted by atomic mass is 16.5. The molecule has 0 saturated heterocycles. The van der Waals surface area contributed by atoms with Crippen molar-refractivity contribution in [3.05, 3.63) is 53.7 Å². The van der Waals surface area contributed by atoms with E-state index in [0.717, 1.165) is 5.56 Å². The number of methoxy groups -OCH3 is 4. The molecule has 0 bridgehead atoms. The molecule has 0 aliphatic carbocycles. The number of amides is 1. The van der Waals surface area contributed by atoms with Gasteiger partial charge >= 0.3 is 0 Å². The van der Waals surface area contributed by atoms with Crippen LogP contribution < -0.4 is 24.4 Å². The zero-order valence-corrected chi connectivity index (χ0v) is 17.1. The van der Waals surface area contributed by atoms with Crippen LogP contribution in [0.5, 0.6) is 23.0 Å². The molecule has 0 aliphatic rings. The molecule has 3 aromatic rings. The summed E-state index contributed by atoms with van der Waals surface area (Å²) in [6.07, 6.45) is 1.48. The van der Waals surface area contributed by atoms with E-state index < -0.39 is 5.91 Å². The highest BCUT2D eigenvalue weighted by Crippen LogP contribution is 2.32. The zero-order chi connectivity index (χ0) is 21.5. The van der Waals surface area contributed by atoms with Crippen molar-refractivity contribution in [3.8, 4) is 34.3 Å². The van der Waals surface area contributed by atoms with Crippen LogP contribution in [-0.2, 0) is 0 Å². The van der Waals surface area contributed by atoms with Crippen molar-refractivity contribution < 1.29 is 23.7 Å². The fourth-order valence-corrected chi connectivity index (χ4v) is 2.82. The molecule has 0 saturated carbocycles. The van der Waals surface area contributed by atoms with Crippen LogP contribution >= 0.6 is 0 Å². The van der Waals surface area contributed by atoms with E-state index in [0.29, 0.717) is 34.3 Å². The number of carbonyl (C=O) groups excluding carboxylic acids is 1. The first kappa shape index (κ1) is 20.7. The van der Waals surface area contributed by atoms with E-state index in [9.17, 15) is 4.79 Å². The monoisotopic (exact) mass is 410 g/mol. The number of rotatable bonds is 8. The first-order valence-electron chi connectivity index (χ1n) is 8.93. The van der Waals surface area contributed by atoms with Gasteiger partial charge in [0.25, 0.3) is 5.91 Å². The van der Waals surface area contributed by atoms with Crippen LogP contribution in [0.4, 0.5) is 0 Å². The van der Waals surface area contributed by atoms with Gasteiger partial charge in [0.05, 0.1) is 40.3 Å². The number of hydrazone groups is 1. The van der Waals surface area contributed by atoms with Gasteiger partial charge in [-0.1, -0.05) is 6.07 Å². The lowest BCUT2D eigenvalue weighted by Crippen LogP contribution is -2.18. The number of nitrogens with one attached hydrogen (secondary N) is 2. The molecule has 0 unspecified atom stereocenters. The van der Waals surface area contributed by atoms with Crippen molar-refractivity contribution in [1.29, 1.82) is 0 Å². The highest BCUT2D eigenvalue weighted by Gasteiger charge is 2.13. The van der Waals surface area contributed by atoms with Gasteiger partial charge in [-0.2, -0.15) is 10.2 Å². The maximum Gasteiger partial charge on any atom is 0.289 e. The molecule has 0 radical (unpaired) electrons. The summed E-state index contributed by atoms with van der Waals surface area (Å²) < 4.78 is 21.1. The molecule has 2 N–H and O–H groups in total. The second kappa shape index (κ2) is 9.46. The van der Waals surface area contributed by atoms with Crippen LogP contribution in [0.25, 0.3) is 11.3 Å². The topological polar surface area (TPSA) is 107 Å². The number of hydrogen-bond donors (Lipinski definition) is 2. The maximum atomic E-state index is 12.4. The molecule has 0 spiro atoms. The average Bonchev–Trinajstić information content (AvgIpc) is 3.28. The molecule has 0 atom stereocenters. The SMILES string of the molecule is COc1ccc(-c2cc(C(=O)NN=Cc3cccc(OC)c3OC)[nH]n2)cc1OC. The second-order valence-corrected chi connectivity index (χ2v) is 6.02. The van der Waals surface area contributed by atoms with E-state index in [1.165, 1.54) is 13.3 Å². The molecule has 1 amide bonds. The Labute approximate surface area is 173 Å². The van der Waals surface area contributed by atoms with E-state index in [-0.39, 0.29) is 5.69 Å². The molecular formula is C21H22N4O5. The first-order valence-corrected chi connectivity index (χ1v) is 8.93. The number of aromatic amines is 1. The third kappa shape index (κ3) is 4.35. The molecule has 3 rings (SSSR count). The summed E-state index contributed by atoms with van der Waals surface area (Å²) in [5, 5.41) is 10.9. The molecule has 156 valence electrons. The fourth-order valence-electron chi connectivity index (χ4n) is 2.82. The number of ether oxygens (including phenoxy) is 4. The van der Waals surface area contributed by atoms with Crippen molar-refractivity contribution in [3.63, 3.8) is 0 Å². The van der Waals surface area contributed by atoms with Crippen LogP contribution in [0.1, 0.15) is 16.1 Å². The highest BCUT2D eigenvalue weighted by molar-refractivity contribution is 5.94. The Morgan fingerprint density at radius 1 is 0.967 bits per heavy atom. The first-order chi connectivity index (χ1) is 14.6. The number of benzene rings is 2. The van der Waals surface area contributed by atoms with Crippen LogP contribution in [0.2, 0.25) is 0 Å².